The molecule has 0 fully saturated rings. The summed E-state index contributed by atoms with van der Waals surface area (Å²) < 4.78 is 5.34. The standard InChI is InChI=1S/C11H8ClN3O/c1-6-13-10(8-3-2-4-16-8)7-5-9(12)15-11(7)14-6/h2-5H,1H3,(H,13,14,15). The van der Waals surface area contributed by atoms with E-state index in [1.165, 1.54) is 0 Å². The number of rotatable bonds is 1. The van der Waals surface area contributed by atoms with E-state index >= 15 is 0 Å². The normalized spacial score (nSPS) is 11.1. The van der Waals surface area contributed by atoms with E-state index < -0.39 is 0 Å². The third-order valence-corrected chi connectivity index (χ3v) is 2.52. The molecule has 3 aromatic heterocycles. The Bertz CT molecular complexity index is 643. The van der Waals surface area contributed by atoms with Crippen LogP contribution >= 0.6 is 11.6 Å². The van der Waals surface area contributed by atoms with Crippen LogP contribution in [0, 0.1) is 6.92 Å². The minimum absolute atomic E-state index is 0.544. The van der Waals surface area contributed by atoms with Crippen molar-refractivity contribution in [1.82, 2.24) is 15.0 Å². The highest BCUT2D eigenvalue weighted by molar-refractivity contribution is 6.30. The van der Waals surface area contributed by atoms with Gasteiger partial charge in [0.05, 0.1) is 6.26 Å². The maximum Gasteiger partial charge on any atom is 0.153 e. The van der Waals surface area contributed by atoms with Gasteiger partial charge in [-0.1, -0.05) is 11.6 Å². The smallest absolute Gasteiger partial charge is 0.153 e. The van der Waals surface area contributed by atoms with Crippen LogP contribution in [0.1, 0.15) is 5.82 Å². The number of nitrogens with zero attached hydrogens (tertiary/aromatic N) is 2. The number of aromatic nitrogens is 3. The van der Waals surface area contributed by atoms with E-state index in [1.807, 2.05) is 19.1 Å². The Labute approximate surface area is 96.3 Å². The van der Waals surface area contributed by atoms with Crippen LogP contribution in [0.2, 0.25) is 5.15 Å². The third kappa shape index (κ3) is 1.39. The molecule has 0 spiro atoms. The summed E-state index contributed by atoms with van der Waals surface area (Å²) in [5.41, 5.74) is 1.49. The molecule has 0 bridgehead atoms. The van der Waals surface area contributed by atoms with E-state index in [0.29, 0.717) is 16.7 Å². The summed E-state index contributed by atoms with van der Waals surface area (Å²) in [6.07, 6.45) is 1.62. The fourth-order valence-electron chi connectivity index (χ4n) is 1.69. The molecule has 0 saturated heterocycles. The van der Waals surface area contributed by atoms with Gasteiger partial charge in [-0.3, -0.25) is 0 Å². The predicted octanol–water partition coefficient (Wildman–Crippen LogP) is 3.18. The number of aryl methyl sites for hydroxylation is 1. The van der Waals surface area contributed by atoms with Crippen LogP contribution in [0.15, 0.2) is 28.9 Å². The second kappa shape index (κ2) is 3.35. The minimum atomic E-state index is 0.544. The molecule has 0 aliphatic carbocycles. The van der Waals surface area contributed by atoms with Crippen molar-refractivity contribution in [2.24, 2.45) is 0 Å². The molecule has 80 valence electrons. The van der Waals surface area contributed by atoms with Gasteiger partial charge in [-0.2, -0.15) is 0 Å². The van der Waals surface area contributed by atoms with E-state index in [-0.39, 0.29) is 0 Å². The molecule has 0 amide bonds. The van der Waals surface area contributed by atoms with Crippen molar-refractivity contribution in [1.29, 1.82) is 0 Å². The second-order valence-electron chi connectivity index (χ2n) is 3.48. The first-order valence-electron chi connectivity index (χ1n) is 4.81. The zero-order valence-corrected chi connectivity index (χ0v) is 9.25. The van der Waals surface area contributed by atoms with Gasteiger partial charge in [0.1, 0.15) is 22.3 Å². The van der Waals surface area contributed by atoms with Gasteiger partial charge in [0, 0.05) is 5.39 Å². The molecule has 0 aliphatic rings. The van der Waals surface area contributed by atoms with Crippen LogP contribution in [-0.2, 0) is 0 Å². The van der Waals surface area contributed by atoms with Crippen molar-refractivity contribution in [3.63, 3.8) is 0 Å². The highest BCUT2D eigenvalue weighted by Gasteiger charge is 2.12. The Balaban J connectivity index is 2.38. The number of H-pyrrole nitrogens is 1. The number of hydrogen-bond donors (Lipinski definition) is 1. The molecule has 3 rings (SSSR count). The molecule has 5 heteroatoms. The molecule has 0 unspecified atom stereocenters. The maximum absolute atomic E-state index is 5.91. The van der Waals surface area contributed by atoms with E-state index in [9.17, 15) is 0 Å². The number of halogens is 1. The number of nitrogens with one attached hydrogen (secondary N) is 1. The van der Waals surface area contributed by atoms with Gasteiger partial charge in [0.2, 0.25) is 0 Å². The maximum atomic E-state index is 5.91. The summed E-state index contributed by atoms with van der Waals surface area (Å²) in [5, 5.41) is 1.41. The quantitative estimate of drug-likeness (QED) is 0.702. The fraction of sp³-hybridized carbons (Fsp3) is 0.0909. The highest BCUT2D eigenvalue weighted by Crippen LogP contribution is 2.28. The molecule has 16 heavy (non-hydrogen) atoms. The van der Waals surface area contributed by atoms with Gasteiger partial charge in [0.15, 0.2) is 5.76 Å². The van der Waals surface area contributed by atoms with Crippen LogP contribution < -0.4 is 0 Å². The molecule has 0 atom stereocenters. The van der Waals surface area contributed by atoms with Crippen molar-refractivity contribution in [2.45, 2.75) is 6.92 Å². The summed E-state index contributed by atoms with van der Waals surface area (Å²) in [6, 6.07) is 5.49. The molecule has 0 radical (unpaired) electrons. The van der Waals surface area contributed by atoms with Crippen LogP contribution in [0.5, 0.6) is 0 Å². The summed E-state index contributed by atoms with van der Waals surface area (Å²) in [5.74, 6) is 1.39. The average molecular weight is 234 g/mol. The summed E-state index contributed by atoms with van der Waals surface area (Å²) in [7, 11) is 0. The molecule has 0 aromatic carbocycles. The Kier molecular flexibility index (Phi) is 1.97. The molecule has 1 N–H and O–H groups in total. The molecular weight excluding hydrogens is 226 g/mol. The first kappa shape index (κ1) is 9.42. The van der Waals surface area contributed by atoms with Crippen LogP contribution in [0.3, 0.4) is 0 Å². The number of hydrogen-bond acceptors (Lipinski definition) is 3. The van der Waals surface area contributed by atoms with E-state index in [4.69, 9.17) is 16.0 Å². The Hall–Kier alpha value is -1.81. The molecule has 0 aliphatic heterocycles. The highest BCUT2D eigenvalue weighted by atomic mass is 35.5. The van der Waals surface area contributed by atoms with Crippen LogP contribution in [-0.4, -0.2) is 15.0 Å². The van der Waals surface area contributed by atoms with Gasteiger partial charge in [-0.15, -0.1) is 0 Å². The molecule has 4 nitrogen and oxygen atoms in total. The Morgan fingerprint density at radius 2 is 2.25 bits per heavy atom. The number of fused-ring (bicyclic) bond motifs is 1. The van der Waals surface area contributed by atoms with Crippen molar-refractivity contribution in [3.8, 4) is 11.5 Å². The topological polar surface area (TPSA) is 54.7 Å². The van der Waals surface area contributed by atoms with E-state index in [1.54, 1.807) is 12.3 Å². The SMILES string of the molecule is Cc1nc(-c2ccco2)c2cc(Cl)[nH]c2n1. The van der Waals surface area contributed by atoms with Gasteiger partial charge in [0.25, 0.3) is 0 Å². The largest absolute Gasteiger partial charge is 0.463 e. The number of furan rings is 1. The average Bonchev–Trinajstić information content (AvgIpc) is 2.83. The van der Waals surface area contributed by atoms with Crippen molar-refractivity contribution in [3.05, 3.63) is 35.4 Å². The first-order valence-corrected chi connectivity index (χ1v) is 5.18. The van der Waals surface area contributed by atoms with Gasteiger partial charge in [-0.05, 0) is 25.1 Å². The van der Waals surface area contributed by atoms with Crippen molar-refractivity contribution >= 4 is 22.6 Å². The van der Waals surface area contributed by atoms with Gasteiger partial charge in [-0.25, -0.2) is 9.97 Å². The summed E-state index contributed by atoms with van der Waals surface area (Å²) >= 11 is 5.91. The summed E-state index contributed by atoms with van der Waals surface area (Å²) in [4.78, 5) is 11.6. The monoisotopic (exact) mass is 233 g/mol. The molecular formula is C11H8ClN3O. The van der Waals surface area contributed by atoms with Crippen LogP contribution in [0.4, 0.5) is 0 Å². The third-order valence-electron chi connectivity index (χ3n) is 2.32. The zero-order valence-electron chi connectivity index (χ0n) is 8.49. The second-order valence-corrected chi connectivity index (χ2v) is 3.88. The van der Waals surface area contributed by atoms with E-state index in [2.05, 4.69) is 15.0 Å². The lowest BCUT2D eigenvalue weighted by Gasteiger charge is -1.99. The lowest BCUT2D eigenvalue weighted by atomic mass is 10.2. The Morgan fingerprint density at radius 1 is 1.38 bits per heavy atom. The summed E-state index contributed by atoms with van der Waals surface area (Å²) in [6.45, 7) is 1.83. The van der Waals surface area contributed by atoms with Crippen LogP contribution in [0.25, 0.3) is 22.5 Å². The predicted molar refractivity (Wildman–Crippen MR) is 61.3 cm³/mol. The molecule has 0 saturated carbocycles. The zero-order chi connectivity index (χ0) is 11.1. The lowest BCUT2D eigenvalue weighted by Crippen LogP contribution is -1.91. The number of aromatic amines is 1. The van der Waals surface area contributed by atoms with Crippen molar-refractivity contribution < 1.29 is 4.42 Å². The van der Waals surface area contributed by atoms with Gasteiger partial charge < -0.3 is 9.40 Å². The Morgan fingerprint density at radius 3 is 3.00 bits per heavy atom. The molecule has 3 aromatic rings. The molecule has 3 heterocycles. The van der Waals surface area contributed by atoms with Gasteiger partial charge >= 0.3 is 0 Å². The fourth-order valence-corrected chi connectivity index (χ4v) is 1.89. The first-order chi connectivity index (χ1) is 7.74. The van der Waals surface area contributed by atoms with Crippen molar-refractivity contribution in [2.75, 3.05) is 0 Å². The van der Waals surface area contributed by atoms with E-state index in [0.717, 1.165) is 16.7 Å². The lowest BCUT2D eigenvalue weighted by molar-refractivity contribution is 0.580. The minimum Gasteiger partial charge on any atom is -0.463 e.